The summed E-state index contributed by atoms with van der Waals surface area (Å²) in [5.74, 6) is 0.830. The monoisotopic (exact) mass is 384 g/mol. The van der Waals surface area contributed by atoms with Crippen molar-refractivity contribution in [3.63, 3.8) is 0 Å². The molecule has 0 unspecified atom stereocenters. The van der Waals surface area contributed by atoms with Crippen LogP contribution in [0.3, 0.4) is 0 Å². The van der Waals surface area contributed by atoms with Gasteiger partial charge in [0.25, 0.3) is 0 Å². The molecule has 0 saturated heterocycles. The fourth-order valence-corrected chi connectivity index (χ4v) is 2.00. The number of alkyl halides is 3. The van der Waals surface area contributed by atoms with Crippen LogP contribution in [0.15, 0.2) is 47.6 Å². The fourth-order valence-electron chi connectivity index (χ4n) is 1.87. The van der Waals surface area contributed by atoms with Crippen LogP contribution in [0.25, 0.3) is 0 Å². The number of hydrazone groups is 1. The highest BCUT2D eigenvalue weighted by molar-refractivity contribution is 7.79. The van der Waals surface area contributed by atoms with Crippen molar-refractivity contribution in [2.24, 2.45) is 5.10 Å². The smallest absolute Gasteiger partial charge is 0.418 e. The first-order valence-corrected chi connectivity index (χ1v) is 7.80. The van der Waals surface area contributed by atoms with E-state index in [0.29, 0.717) is 0 Å². The summed E-state index contributed by atoms with van der Waals surface area (Å²) in [6.07, 6.45) is -2.72. The first kappa shape index (κ1) is 21.2. The Kier molecular flexibility index (Phi) is 8.36. The summed E-state index contributed by atoms with van der Waals surface area (Å²) in [6.45, 7) is 0. The van der Waals surface area contributed by atoms with E-state index >= 15 is 0 Å². The number of nitrogen functional groups attached to an aromatic ring is 1. The molecule has 2 aromatic carbocycles. The summed E-state index contributed by atoms with van der Waals surface area (Å²) in [7, 11) is 3.40. The second-order valence-electron chi connectivity index (χ2n) is 4.79. The van der Waals surface area contributed by atoms with Crippen molar-refractivity contribution in [1.29, 1.82) is 0 Å². The van der Waals surface area contributed by atoms with Crippen molar-refractivity contribution in [3.05, 3.63) is 53.6 Å². The molecule has 0 saturated carbocycles. The van der Waals surface area contributed by atoms with Crippen molar-refractivity contribution in [2.45, 2.75) is 6.18 Å². The summed E-state index contributed by atoms with van der Waals surface area (Å²) in [6, 6.07) is 11.2. The molecule has 0 aliphatic rings. The SMILES string of the molecule is CN/N=C/c1ccccc1OC.Nc1ccc(NC=S)cc1C(F)(F)F. The number of hydrogen-bond acceptors (Lipinski definition) is 5. The van der Waals surface area contributed by atoms with Gasteiger partial charge >= 0.3 is 6.18 Å². The number of ether oxygens (including phenoxy) is 1. The Hall–Kier alpha value is -2.81. The molecular weight excluding hydrogens is 365 g/mol. The average molecular weight is 384 g/mol. The highest BCUT2D eigenvalue weighted by Crippen LogP contribution is 2.34. The maximum Gasteiger partial charge on any atom is 0.418 e. The lowest BCUT2D eigenvalue weighted by Gasteiger charge is -2.11. The van der Waals surface area contributed by atoms with E-state index in [4.69, 9.17) is 10.5 Å². The molecule has 0 fully saturated rings. The van der Waals surface area contributed by atoms with Crippen molar-refractivity contribution in [2.75, 3.05) is 25.2 Å². The lowest BCUT2D eigenvalue weighted by molar-refractivity contribution is -0.136. The molecule has 0 spiro atoms. The van der Waals surface area contributed by atoms with Crippen LogP contribution in [0, 0.1) is 0 Å². The van der Waals surface area contributed by atoms with Gasteiger partial charge in [-0.05, 0) is 30.3 Å². The predicted molar refractivity (Wildman–Crippen MR) is 103 cm³/mol. The number of hydrogen-bond donors (Lipinski definition) is 3. The van der Waals surface area contributed by atoms with E-state index < -0.39 is 11.7 Å². The Morgan fingerprint density at radius 2 is 1.88 bits per heavy atom. The second kappa shape index (κ2) is 10.2. The zero-order chi connectivity index (χ0) is 19.6. The van der Waals surface area contributed by atoms with Gasteiger partial charge in [0, 0.05) is 24.0 Å². The third kappa shape index (κ3) is 6.60. The number of halogens is 3. The highest BCUT2D eigenvalue weighted by Gasteiger charge is 2.33. The van der Waals surface area contributed by atoms with E-state index in [1.54, 1.807) is 20.4 Å². The van der Waals surface area contributed by atoms with Crippen LogP contribution >= 0.6 is 12.2 Å². The molecule has 0 atom stereocenters. The molecule has 2 rings (SSSR count). The van der Waals surface area contributed by atoms with Crippen LogP contribution in [-0.4, -0.2) is 25.9 Å². The van der Waals surface area contributed by atoms with Crippen LogP contribution in [0.5, 0.6) is 5.75 Å². The molecule has 0 radical (unpaired) electrons. The fraction of sp³-hybridized carbons (Fsp3) is 0.176. The molecule has 9 heteroatoms. The quantitative estimate of drug-likeness (QED) is 0.316. The van der Waals surface area contributed by atoms with Gasteiger partial charge in [0.1, 0.15) is 5.75 Å². The lowest BCUT2D eigenvalue weighted by Crippen LogP contribution is -2.09. The number of nitrogens with one attached hydrogen (secondary N) is 2. The lowest BCUT2D eigenvalue weighted by atomic mass is 10.1. The van der Waals surface area contributed by atoms with E-state index in [-0.39, 0.29) is 11.4 Å². The maximum atomic E-state index is 12.3. The Balaban J connectivity index is 0.000000263. The third-order valence-electron chi connectivity index (χ3n) is 3.06. The average Bonchev–Trinajstić information content (AvgIpc) is 2.61. The molecule has 4 N–H and O–H groups in total. The van der Waals surface area contributed by atoms with Gasteiger partial charge in [-0.15, -0.1) is 0 Å². The van der Waals surface area contributed by atoms with Crippen LogP contribution < -0.4 is 21.2 Å². The molecule has 5 nitrogen and oxygen atoms in total. The molecule has 0 amide bonds. The van der Waals surface area contributed by atoms with Gasteiger partial charge < -0.3 is 21.2 Å². The second-order valence-corrected chi connectivity index (χ2v) is 5.02. The molecule has 2 aromatic rings. The van der Waals surface area contributed by atoms with Gasteiger partial charge in [-0.1, -0.05) is 24.4 Å². The molecule has 0 bridgehead atoms. The Bertz CT molecular complexity index is 751. The minimum Gasteiger partial charge on any atom is -0.496 e. The normalized spacial score (nSPS) is 10.7. The Morgan fingerprint density at radius 3 is 2.46 bits per heavy atom. The summed E-state index contributed by atoms with van der Waals surface area (Å²) in [4.78, 5) is 0. The number of benzene rings is 2. The van der Waals surface area contributed by atoms with Gasteiger partial charge in [0.15, 0.2) is 0 Å². The molecule has 0 aliphatic carbocycles. The van der Waals surface area contributed by atoms with Gasteiger partial charge in [-0.3, -0.25) is 0 Å². The zero-order valence-electron chi connectivity index (χ0n) is 14.2. The van der Waals surface area contributed by atoms with E-state index in [9.17, 15) is 13.2 Å². The third-order valence-corrected chi connectivity index (χ3v) is 3.17. The Labute approximate surface area is 155 Å². The summed E-state index contributed by atoms with van der Waals surface area (Å²) >= 11 is 4.45. The van der Waals surface area contributed by atoms with Crippen molar-refractivity contribution in [3.8, 4) is 5.75 Å². The van der Waals surface area contributed by atoms with Gasteiger partial charge in [-0.25, -0.2) is 0 Å². The first-order valence-electron chi connectivity index (χ1n) is 7.33. The highest BCUT2D eigenvalue weighted by atomic mass is 32.1. The van der Waals surface area contributed by atoms with E-state index in [1.807, 2.05) is 24.3 Å². The van der Waals surface area contributed by atoms with Gasteiger partial charge in [-0.2, -0.15) is 18.3 Å². The molecule has 140 valence electrons. The number of rotatable bonds is 5. The van der Waals surface area contributed by atoms with Crippen LogP contribution in [0.1, 0.15) is 11.1 Å². The van der Waals surface area contributed by atoms with Crippen molar-refractivity contribution < 1.29 is 17.9 Å². The largest absolute Gasteiger partial charge is 0.496 e. The predicted octanol–water partition coefficient (Wildman–Crippen LogP) is 3.91. The first-order chi connectivity index (χ1) is 12.3. The summed E-state index contributed by atoms with van der Waals surface area (Å²) in [5.41, 5.74) is 9.07. The van der Waals surface area contributed by atoms with Crippen molar-refractivity contribution in [1.82, 2.24) is 5.43 Å². The number of methoxy groups -OCH3 is 1. The van der Waals surface area contributed by atoms with Crippen LogP contribution in [0.2, 0.25) is 0 Å². The number of nitrogens with zero attached hydrogens (tertiary/aromatic N) is 1. The summed E-state index contributed by atoms with van der Waals surface area (Å²) in [5, 5.41) is 6.38. The number of anilines is 2. The minimum absolute atomic E-state index is 0.265. The van der Waals surface area contributed by atoms with Gasteiger partial charge in [0.05, 0.1) is 24.4 Å². The van der Waals surface area contributed by atoms with E-state index in [1.165, 1.54) is 12.1 Å². The molecule has 0 heterocycles. The summed E-state index contributed by atoms with van der Waals surface area (Å²) < 4.78 is 42.1. The molecule has 26 heavy (non-hydrogen) atoms. The van der Waals surface area contributed by atoms with Gasteiger partial charge in [0.2, 0.25) is 0 Å². The number of thiocarbonyl (C=S) groups is 1. The zero-order valence-corrected chi connectivity index (χ0v) is 15.0. The minimum atomic E-state index is -4.44. The van der Waals surface area contributed by atoms with E-state index in [0.717, 1.165) is 22.9 Å². The molecular formula is C17H19F3N4OS. The molecule has 0 aliphatic heterocycles. The number of nitrogens with two attached hydrogens (primary N) is 1. The van der Waals surface area contributed by atoms with E-state index in [2.05, 4.69) is 28.1 Å². The van der Waals surface area contributed by atoms with Crippen molar-refractivity contribution >= 4 is 35.3 Å². The number of para-hydroxylation sites is 1. The van der Waals surface area contributed by atoms with Crippen LogP contribution in [-0.2, 0) is 6.18 Å². The van der Waals surface area contributed by atoms with Crippen LogP contribution in [0.4, 0.5) is 24.5 Å². The topological polar surface area (TPSA) is 71.7 Å². The molecule has 0 aromatic heterocycles. The standard InChI is InChI=1S/C9H12N2O.C8H7F3N2S/c1-10-11-7-8-5-3-4-6-9(8)12-2;9-8(10,11)6-3-5(13-4-14)1-2-7(6)12/h3-7,10H,1-2H3;1-4H,12H2,(H,13,14)/b11-7+;. The Morgan fingerprint density at radius 1 is 1.19 bits per heavy atom. The maximum absolute atomic E-state index is 12.3.